The second kappa shape index (κ2) is 8.29. The number of halogens is 1. The Labute approximate surface area is 171 Å². The van der Waals surface area contributed by atoms with Crippen molar-refractivity contribution >= 4 is 23.4 Å². The number of likely N-dealkylation sites (tertiary alicyclic amines) is 1. The predicted octanol–water partition coefficient (Wildman–Crippen LogP) is 2.51. The number of benzene rings is 1. The molecule has 2 amide bonds. The summed E-state index contributed by atoms with van der Waals surface area (Å²) in [5.41, 5.74) is 0.535. The van der Waals surface area contributed by atoms with E-state index in [4.69, 9.17) is 16.3 Å². The predicted molar refractivity (Wildman–Crippen MR) is 108 cm³/mol. The maximum Gasteiger partial charge on any atom is 0.257 e. The summed E-state index contributed by atoms with van der Waals surface area (Å²) in [6.45, 7) is 4.71. The summed E-state index contributed by atoms with van der Waals surface area (Å²) in [6, 6.07) is 5.10. The zero-order chi connectivity index (χ0) is 19.7. The number of nitrogens with zero attached hydrogens (tertiary/aromatic N) is 3. The Balaban J connectivity index is 1.38. The number of rotatable bonds is 5. The molecule has 1 saturated carbocycles. The fourth-order valence-electron chi connectivity index (χ4n) is 4.32. The minimum Gasteiger partial charge on any atom is -0.496 e. The molecule has 7 heteroatoms. The van der Waals surface area contributed by atoms with Gasteiger partial charge < -0.3 is 14.5 Å². The van der Waals surface area contributed by atoms with Gasteiger partial charge in [0.1, 0.15) is 5.75 Å². The van der Waals surface area contributed by atoms with Crippen LogP contribution in [0.25, 0.3) is 0 Å². The van der Waals surface area contributed by atoms with Gasteiger partial charge in [-0.1, -0.05) is 11.6 Å². The van der Waals surface area contributed by atoms with E-state index in [1.807, 2.05) is 4.90 Å². The van der Waals surface area contributed by atoms with Crippen LogP contribution in [-0.2, 0) is 4.79 Å². The van der Waals surface area contributed by atoms with Gasteiger partial charge >= 0.3 is 0 Å². The number of hydrogen-bond acceptors (Lipinski definition) is 4. The Morgan fingerprint density at radius 3 is 2.71 bits per heavy atom. The zero-order valence-corrected chi connectivity index (χ0v) is 17.2. The Morgan fingerprint density at radius 1 is 1.14 bits per heavy atom. The van der Waals surface area contributed by atoms with Crippen molar-refractivity contribution in [1.82, 2.24) is 14.7 Å². The fraction of sp³-hybridized carbons (Fsp3) is 0.619. The summed E-state index contributed by atoms with van der Waals surface area (Å²) in [6.07, 6.45) is 4.31. The molecule has 0 radical (unpaired) electrons. The minimum absolute atomic E-state index is 0.0149. The van der Waals surface area contributed by atoms with Crippen LogP contribution in [0.1, 0.15) is 36.0 Å². The smallest absolute Gasteiger partial charge is 0.257 e. The fourth-order valence-corrected chi connectivity index (χ4v) is 4.48. The van der Waals surface area contributed by atoms with Gasteiger partial charge in [-0.05, 0) is 49.8 Å². The van der Waals surface area contributed by atoms with Crippen molar-refractivity contribution in [3.8, 4) is 5.75 Å². The monoisotopic (exact) mass is 405 g/mol. The summed E-state index contributed by atoms with van der Waals surface area (Å²) >= 11 is 6.02. The van der Waals surface area contributed by atoms with E-state index in [0.717, 1.165) is 44.9 Å². The third kappa shape index (κ3) is 4.13. The van der Waals surface area contributed by atoms with Gasteiger partial charge in [0.15, 0.2) is 0 Å². The van der Waals surface area contributed by atoms with Gasteiger partial charge in [-0.25, -0.2) is 0 Å². The van der Waals surface area contributed by atoms with Crippen LogP contribution in [0.2, 0.25) is 5.02 Å². The van der Waals surface area contributed by atoms with Crippen molar-refractivity contribution in [2.45, 2.75) is 31.7 Å². The molecular weight excluding hydrogens is 378 g/mol. The van der Waals surface area contributed by atoms with Crippen molar-refractivity contribution in [2.24, 2.45) is 5.92 Å². The van der Waals surface area contributed by atoms with E-state index < -0.39 is 0 Å². The van der Waals surface area contributed by atoms with Crippen LogP contribution in [0, 0.1) is 5.92 Å². The van der Waals surface area contributed by atoms with Gasteiger partial charge in [0.2, 0.25) is 5.91 Å². The Kier molecular flexibility index (Phi) is 5.78. The quantitative estimate of drug-likeness (QED) is 0.755. The van der Waals surface area contributed by atoms with Crippen LogP contribution in [0.4, 0.5) is 0 Å². The van der Waals surface area contributed by atoms with E-state index in [-0.39, 0.29) is 17.9 Å². The lowest BCUT2D eigenvalue weighted by Crippen LogP contribution is -2.44. The normalized spacial score (nSPS) is 23.8. The number of amides is 2. The largest absolute Gasteiger partial charge is 0.496 e. The van der Waals surface area contributed by atoms with E-state index in [0.29, 0.717) is 29.4 Å². The van der Waals surface area contributed by atoms with E-state index in [1.54, 1.807) is 25.3 Å². The van der Waals surface area contributed by atoms with E-state index >= 15 is 0 Å². The van der Waals surface area contributed by atoms with E-state index in [1.165, 1.54) is 12.8 Å². The molecule has 2 saturated heterocycles. The highest BCUT2D eigenvalue weighted by Crippen LogP contribution is 2.32. The molecule has 0 spiro atoms. The van der Waals surface area contributed by atoms with Crippen molar-refractivity contribution < 1.29 is 14.3 Å². The van der Waals surface area contributed by atoms with Crippen LogP contribution in [-0.4, -0.2) is 78.9 Å². The molecule has 3 fully saturated rings. The van der Waals surface area contributed by atoms with Gasteiger partial charge in [0, 0.05) is 44.3 Å². The molecule has 2 aliphatic heterocycles. The number of carbonyl (C=O) groups excluding carboxylic acids is 2. The summed E-state index contributed by atoms with van der Waals surface area (Å²) in [5, 5.41) is 0.547. The highest BCUT2D eigenvalue weighted by molar-refractivity contribution is 6.30. The Bertz CT molecular complexity index is 752. The van der Waals surface area contributed by atoms with Crippen LogP contribution >= 0.6 is 11.6 Å². The second-order valence-electron chi connectivity index (χ2n) is 8.06. The van der Waals surface area contributed by atoms with Crippen molar-refractivity contribution in [2.75, 3.05) is 46.4 Å². The summed E-state index contributed by atoms with van der Waals surface area (Å²) in [5.74, 6) is 1.48. The van der Waals surface area contributed by atoms with E-state index in [2.05, 4.69) is 9.80 Å². The first-order chi connectivity index (χ1) is 13.6. The van der Waals surface area contributed by atoms with Crippen molar-refractivity contribution in [3.05, 3.63) is 28.8 Å². The lowest BCUT2D eigenvalue weighted by Gasteiger charge is -2.27. The van der Waals surface area contributed by atoms with E-state index in [9.17, 15) is 9.59 Å². The molecule has 28 heavy (non-hydrogen) atoms. The molecule has 4 rings (SSSR count). The molecule has 0 bridgehead atoms. The lowest BCUT2D eigenvalue weighted by molar-refractivity contribution is -0.132. The lowest BCUT2D eigenvalue weighted by atomic mass is 10.1. The SMILES string of the molecule is COc1cc(Cl)ccc1C(=O)N1CCCN([C@H]2CCN(CC3CC3)C2=O)CC1. The first-order valence-corrected chi connectivity index (χ1v) is 10.6. The maximum atomic E-state index is 13.0. The van der Waals surface area contributed by atoms with Gasteiger partial charge in [-0.2, -0.15) is 0 Å². The summed E-state index contributed by atoms with van der Waals surface area (Å²) < 4.78 is 5.34. The highest BCUT2D eigenvalue weighted by atomic mass is 35.5. The molecule has 1 aliphatic carbocycles. The molecule has 0 unspecified atom stereocenters. The topological polar surface area (TPSA) is 53.1 Å². The maximum absolute atomic E-state index is 13.0. The van der Waals surface area contributed by atoms with Crippen LogP contribution in [0.5, 0.6) is 5.75 Å². The number of methoxy groups -OCH3 is 1. The Hall–Kier alpha value is -1.79. The third-order valence-electron chi connectivity index (χ3n) is 6.10. The van der Waals surface area contributed by atoms with Crippen molar-refractivity contribution in [1.29, 1.82) is 0 Å². The van der Waals surface area contributed by atoms with Gasteiger partial charge in [0.25, 0.3) is 5.91 Å². The molecule has 0 N–H and O–H groups in total. The second-order valence-corrected chi connectivity index (χ2v) is 8.49. The zero-order valence-electron chi connectivity index (χ0n) is 16.4. The Morgan fingerprint density at radius 2 is 1.96 bits per heavy atom. The molecule has 6 nitrogen and oxygen atoms in total. The molecular formula is C21H28ClN3O3. The third-order valence-corrected chi connectivity index (χ3v) is 6.33. The van der Waals surface area contributed by atoms with Gasteiger partial charge in [-0.15, -0.1) is 0 Å². The summed E-state index contributed by atoms with van der Waals surface area (Å²) in [7, 11) is 1.55. The van der Waals surface area contributed by atoms with Crippen LogP contribution in [0.15, 0.2) is 18.2 Å². The molecule has 1 aromatic carbocycles. The number of ether oxygens (including phenoxy) is 1. The number of carbonyl (C=O) groups is 2. The van der Waals surface area contributed by atoms with Crippen LogP contribution < -0.4 is 4.74 Å². The first kappa shape index (κ1) is 19.5. The number of hydrogen-bond donors (Lipinski definition) is 0. The standard InChI is InChI=1S/C21H28ClN3O3/c1-28-19-13-16(22)5-6-17(19)20(26)24-9-2-8-23(11-12-24)18-7-10-25(21(18)27)14-15-3-4-15/h5-6,13,15,18H,2-4,7-12,14H2,1H3/t18-/m0/s1. The molecule has 0 aromatic heterocycles. The molecule has 152 valence electrons. The molecule has 3 aliphatic rings. The average Bonchev–Trinajstić information content (AvgIpc) is 3.48. The summed E-state index contributed by atoms with van der Waals surface area (Å²) in [4.78, 5) is 32.0. The van der Waals surface area contributed by atoms with Gasteiger partial charge in [-0.3, -0.25) is 14.5 Å². The van der Waals surface area contributed by atoms with Crippen LogP contribution in [0.3, 0.4) is 0 Å². The molecule has 2 heterocycles. The average molecular weight is 406 g/mol. The highest BCUT2D eigenvalue weighted by Gasteiger charge is 2.39. The van der Waals surface area contributed by atoms with Crippen molar-refractivity contribution in [3.63, 3.8) is 0 Å². The molecule has 1 aromatic rings. The van der Waals surface area contributed by atoms with Gasteiger partial charge in [0.05, 0.1) is 18.7 Å². The molecule has 1 atom stereocenters. The minimum atomic E-state index is -0.0384. The first-order valence-electron chi connectivity index (χ1n) is 10.2.